The first-order chi connectivity index (χ1) is 27.1. The number of nitrogens with zero attached hydrogens (tertiary/aromatic N) is 7. The van der Waals surface area contributed by atoms with Gasteiger partial charge in [-0.2, -0.15) is 0 Å². The van der Waals surface area contributed by atoms with E-state index in [1.165, 1.54) is 0 Å². The number of likely N-dealkylation sites (tertiary alicyclic amines) is 2. The Kier molecular flexibility index (Phi) is 9.37. The summed E-state index contributed by atoms with van der Waals surface area (Å²) in [6.07, 6.45) is 4.87. The van der Waals surface area contributed by atoms with Crippen LogP contribution in [0.15, 0.2) is 77.3 Å². The van der Waals surface area contributed by atoms with E-state index < -0.39 is 5.60 Å². The van der Waals surface area contributed by atoms with E-state index in [2.05, 4.69) is 43.9 Å². The predicted molar refractivity (Wildman–Crippen MR) is 214 cm³/mol. The van der Waals surface area contributed by atoms with E-state index in [-0.39, 0.29) is 30.1 Å². The Bertz CT molecular complexity index is 2370. The van der Waals surface area contributed by atoms with Crippen molar-refractivity contribution in [3.8, 4) is 22.8 Å². The van der Waals surface area contributed by atoms with Crippen LogP contribution >= 0.6 is 0 Å². The van der Waals surface area contributed by atoms with Crippen molar-refractivity contribution in [1.29, 1.82) is 0 Å². The fourth-order valence-corrected chi connectivity index (χ4v) is 8.54. The van der Waals surface area contributed by atoms with Gasteiger partial charge >= 0.3 is 6.09 Å². The Morgan fingerprint density at radius 2 is 1.54 bits per heavy atom. The SMILES string of the molecule is CN1CCN([C@@H](C(=O)N2CCC[C@H]2c2nc3cc(-c4cnc(-c5cccc6[nH]c([C@@H]7CCCN7C(=O)OC(C)(C)C)nc56)o4)ccc3[nH]2)c2ccccc2)CC1. The highest BCUT2D eigenvalue weighted by molar-refractivity contribution is 5.90. The zero-order chi connectivity index (χ0) is 38.6. The summed E-state index contributed by atoms with van der Waals surface area (Å²) in [5, 5.41) is 0. The van der Waals surface area contributed by atoms with E-state index in [0.717, 1.165) is 102 Å². The van der Waals surface area contributed by atoms with Crippen molar-refractivity contribution in [2.75, 3.05) is 46.3 Å². The van der Waals surface area contributed by atoms with Crippen molar-refractivity contribution < 1.29 is 18.7 Å². The van der Waals surface area contributed by atoms with E-state index in [4.69, 9.17) is 19.1 Å². The number of hydrogen-bond acceptors (Lipinski definition) is 9. The Morgan fingerprint density at radius 3 is 2.30 bits per heavy atom. The molecule has 2 amide bonds. The van der Waals surface area contributed by atoms with E-state index in [0.29, 0.717) is 24.7 Å². The van der Waals surface area contributed by atoms with Crippen molar-refractivity contribution in [1.82, 2.24) is 44.5 Å². The number of likely N-dealkylation sites (N-methyl/N-ethyl adjacent to an activating group) is 1. The number of piperazine rings is 1. The molecule has 0 saturated carbocycles. The van der Waals surface area contributed by atoms with E-state index >= 15 is 0 Å². The maximum atomic E-state index is 14.5. The lowest BCUT2D eigenvalue weighted by Crippen LogP contribution is -2.50. The number of imidazole rings is 2. The van der Waals surface area contributed by atoms with Crippen molar-refractivity contribution in [3.63, 3.8) is 0 Å². The number of aromatic amines is 2. The van der Waals surface area contributed by atoms with Gasteiger partial charge in [-0.15, -0.1) is 0 Å². The molecule has 2 N–H and O–H groups in total. The smallest absolute Gasteiger partial charge is 0.410 e. The minimum Gasteiger partial charge on any atom is -0.444 e. The Hall–Kier alpha value is -5.53. The summed E-state index contributed by atoms with van der Waals surface area (Å²) in [4.78, 5) is 57.7. The average molecular weight is 756 g/mol. The van der Waals surface area contributed by atoms with Crippen LogP contribution in [0.5, 0.6) is 0 Å². The largest absolute Gasteiger partial charge is 0.444 e. The second-order valence-electron chi connectivity index (χ2n) is 16.4. The molecule has 3 fully saturated rings. The lowest BCUT2D eigenvalue weighted by Gasteiger charge is -2.39. The van der Waals surface area contributed by atoms with Gasteiger partial charge in [0, 0.05) is 44.8 Å². The topological polar surface area (TPSA) is 140 Å². The fraction of sp³-hybridized carbons (Fsp3) is 0.419. The van der Waals surface area contributed by atoms with Crippen molar-refractivity contribution in [3.05, 3.63) is 90.1 Å². The minimum absolute atomic E-state index is 0.131. The second kappa shape index (κ2) is 14.5. The monoisotopic (exact) mass is 755 g/mol. The van der Waals surface area contributed by atoms with Gasteiger partial charge in [0.15, 0.2) is 5.76 Å². The summed E-state index contributed by atoms with van der Waals surface area (Å²) in [5.74, 6) is 2.73. The zero-order valence-electron chi connectivity index (χ0n) is 32.5. The molecule has 3 atom stereocenters. The first-order valence-corrected chi connectivity index (χ1v) is 19.8. The van der Waals surface area contributed by atoms with Gasteiger partial charge in [0.2, 0.25) is 11.8 Å². The number of amides is 2. The van der Waals surface area contributed by atoms with Gasteiger partial charge in [0.1, 0.15) is 28.8 Å². The molecule has 56 heavy (non-hydrogen) atoms. The summed E-state index contributed by atoms with van der Waals surface area (Å²) >= 11 is 0. The van der Waals surface area contributed by atoms with Gasteiger partial charge in [-0.05, 0) is 89.4 Å². The van der Waals surface area contributed by atoms with Crippen LogP contribution in [0, 0.1) is 0 Å². The molecule has 3 aromatic carbocycles. The molecular weight excluding hydrogens is 707 g/mol. The zero-order valence-corrected chi connectivity index (χ0v) is 32.5. The first kappa shape index (κ1) is 36.1. The summed E-state index contributed by atoms with van der Waals surface area (Å²) in [7, 11) is 2.14. The number of benzene rings is 3. The molecular formula is C43H49N9O4. The third-order valence-electron chi connectivity index (χ3n) is 11.4. The predicted octanol–water partition coefficient (Wildman–Crippen LogP) is 7.49. The van der Waals surface area contributed by atoms with Gasteiger partial charge < -0.3 is 28.9 Å². The highest BCUT2D eigenvalue weighted by atomic mass is 16.6. The lowest BCUT2D eigenvalue weighted by molar-refractivity contribution is -0.139. The molecule has 0 aliphatic carbocycles. The molecule has 3 saturated heterocycles. The Labute approximate surface area is 326 Å². The number of para-hydroxylation sites is 1. The molecule has 13 heteroatoms. The Balaban J connectivity index is 0.957. The van der Waals surface area contributed by atoms with Crippen LogP contribution in [0.2, 0.25) is 0 Å². The normalized spacial score (nSPS) is 20.4. The van der Waals surface area contributed by atoms with Crippen LogP contribution in [-0.4, -0.2) is 108 Å². The molecule has 3 aliphatic rings. The number of H-pyrrole nitrogens is 2. The molecule has 6 aromatic rings. The van der Waals surface area contributed by atoms with E-state index in [1.807, 2.05) is 80.3 Å². The maximum absolute atomic E-state index is 14.5. The third kappa shape index (κ3) is 6.94. The summed E-state index contributed by atoms with van der Waals surface area (Å²) in [5.41, 5.74) is 5.36. The van der Waals surface area contributed by atoms with Gasteiger partial charge in [0.25, 0.3) is 0 Å². The average Bonchev–Trinajstić information content (AvgIpc) is 4.03. The number of nitrogens with one attached hydrogen (secondary N) is 2. The summed E-state index contributed by atoms with van der Waals surface area (Å²) in [6.45, 7) is 10.5. The maximum Gasteiger partial charge on any atom is 0.410 e. The molecule has 290 valence electrons. The molecule has 9 rings (SSSR count). The van der Waals surface area contributed by atoms with Gasteiger partial charge in [-0.3, -0.25) is 14.6 Å². The molecule has 0 unspecified atom stereocenters. The summed E-state index contributed by atoms with van der Waals surface area (Å²) < 4.78 is 12.1. The van der Waals surface area contributed by atoms with Crippen LogP contribution in [0.25, 0.3) is 44.8 Å². The standard InChI is InChI=1S/C43H49N9O4/c1-43(2,3)56-42(54)52-20-10-16-34(52)39-46-31-14-8-13-29(36(31)48-39)40-44-26-35(55-40)28-17-18-30-32(25-28)47-38(45-30)33-15-9-19-51(33)41(53)37(27-11-6-5-7-12-27)50-23-21-49(4)22-24-50/h5-8,11-14,17-18,25-26,33-34,37H,9-10,15-16,19-24H2,1-4H3,(H,45,47)(H,46,48)/t33-,34-,37+/m0/s1. The van der Waals surface area contributed by atoms with E-state index in [1.54, 1.807) is 11.1 Å². The number of oxazole rings is 1. The van der Waals surface area contributed by atoms with Gasteiger partial charge in [-0.25, -0.2) is 19.7 Å². The number of ether oxygens (including phenoxy) is 1. The third-order valence-corrected chi connectivity index (χ3v) is 11.4. The quantitative estimate of drug-likeness (QED) is 0.170. The van der Waals surface area contributed by atoms with Crippen LogP contribution in [0.1, 0.15) is 81.8 Å². The number of carbonyl (C=O) groups excluding carboxylic acids is 2. The highest BCUT2D eigenvalue weighted by Gasteiger charge is 2.40. The van der Waals surface area contributed by atoms with Crippen LogP contribution in [0.4, 0.5) is 4.79 Å². The first-order valence-electron chi connectivity index (χ1n) is 19.8. The molecule has 0 spiro atoms. The molecule has 3 aliphatic heterocycles. The lowest BCUT2D eigenvalue weighted by atomic mass is 10.0. The van der Waals surface area contributed by atoms with Gasteiger partial charge in [0.05, 0.1) is 40.4 Å². The van der Waals surface area contributed by atoms with Crippen molar-refractivity contribution in [2.24, 2.45) is 0 Å². The minimum atomic E-state index is -0.577. The molecule has 3 aromatic heterocycles. The van der Waals surface area contributed by atoms with Gasteiger partial charge in [-0.1, -0.05) is 36.4 Å². The molecule has 0 radical (unpaired) electrons. The second-order valence-corrected chi connectivity index (χ2v) is 16.4. The van der Waals surface area contributed by atoms with E-state index in [9.17, 15) is 9.59 Å². The number of fused-ring (bicyclic) bond motifs is 2. The number of hydrogen-bond donors (Lipinski definition) is 2. The van der Waals surface area contributed by atoms with Crippen LogP contribution < -0.4 is 0 Å². The number of carbonyl (C=O) groups is 2. The molecule has 0 bridgehead atoms. The number of rotatable bonds is 7. The summed E-state index contributed by atoms with van der Waals surface area (Å²) in [6, 6.07) is 21.5. The molecule has 13 nitrogen and oxygen atoms in total. The number of aromatic nitrogens is 5. The van der Waals surface area contributed by atoms with Crippen molar-refractivity contribution in [2.45, 2.75) is 70.2 Å². The van der Waals surface area contributed by atoms with Crippen LogP contribution in [-0.2, 0) is 9.53 Å². The molecule has 6 heterocycles. The van der Waals surface area contributed by atoms with Crippen molar-refractivity contribution >= 4 is 34.1 Å². The highest BCUT2D eigenvalue weighted by Crippen LogP contribution is 2.38. The van der Waals surface area contributed by atoms with Crippen LogP contribution in [0.3, 0.4) is 0 Å². The fourth-order valence-electron chi connectivity index (χ4n) is 8.54. The Morgan fingerprint density at radius 1 is 0.821 bits per heavy atom.